The van der Waals surface area contributed by atoms with Crippen LogP contribution >= 0.6 is 0 Å². The van der Waals surface area contributed by atoms with Crippen molar-refractivity contribution in [1.82, 2.24) is 20.3 Å². The van der Waals surface area contributed by atoms with E-state index >= 15 is 0 Å². The maximum absolute atomic E-state index is 10.6. The molecule has 0 unspecified atom stereocenters. The van der Waals surface area contributed by atoms with Gasteiger partial charge < -0.3 is 14.5 Å². The van der Waals surface area contributed by atoms with Gasteiger partial charge in [0, 0.05) is 24.3 Å². The van der Waals surface area contributed by atoms with Crippen LogP contribution in [0, 0.1) is 20.8 Å². The van der Waals surface area contributed by atoms with E-state index in [-0.39, 0.29) is 0 Å². The van der Waals surface area contributed by atoms with Gasteiger partial charge in [-0.3, -0.25) is 5.10 Å². The number of H-pyrrole nitrogens is 1. The Bertz CT molecular complexity index is 675. The zero-order valence-electron chi connectivity index (χ0n) is 14.4. The summed E-state index contributed by atoms with van der Waals surface area (Å²) in [5, 5.41) is 18.3. The van der Waals surface area contributed by atoms with E-state index in [0.717, 1.165) is 42.4 Å². The molecule has 10 heteroatoms. The summed E-state index contributed by atoms with van der Waals surface area (Å²) in [6, 6.07) is 2.08. The number of rotatable bonds is 5. The lowest BCUT2D eigenvalue weighted by Gasteiger charge is -2.14. The molecule has 2 heterocycles. The lowest BCUT2D eigenvalue weighted by Crippen LogP contribution is -2.21. The second-order valence-corrected chi connectivity index (χ2v) is 5.64. The number of hydrogen-bond donors (Lipinski definition) is 2. The number of carboxylic acid groups (broad SMARTS) is 1. The lowest BCUT2D eigenvalue weighted by molar-refractivity contribution is -0.192. The maximum atomic E-state index is 10.6. The Morgan fingerprint density at radius 1 is 1.36 bits per heavy atom. The van der Waals surface area contributed by atoms with Gasteiger partial charge in [-0.05, 0) is 40.3 Å². The number of likely N-dealkylation sites (N-methyl/N-ethyl adjacent to an activating group) is 1. The number of aromatic nitrogens is 3. The highest BCUT2D eigenvalue weighted by Crippen LogP contribution is 2.14. The zero-order valence-corrected chi connectivity index (χ0v) is 14.4. The molecule has 0 saturated carbocycles. The fraction of sp³-hybridized carbons (Fsp3) is 0.533. The van der Waals surface area contributed by atoms with Gasteiger partial charge in [0.05, 0.1) is 11.4 Å². The summed E-state index contributed by atoms with van der Waals surface area (Å²) < 4.78 is 36.9. The Balaban J connectivity index is 0.000000381. The highest BCUT2D eigenvalue weighted by molar-refractivity contribution is 5.73. The number of carbonyl (C=O) groups is 1. The van der Waals surface area contributed by atoms with Crippen molar-refractivity contribution in [2.24, 2.45) is 0 Å². The topological polar surface area (TPSA) is 95.3 Å². The van der Waals surface area contributed by atoms with E-state index < -0.39 is 12.1 Å². The third-order valence-electron chi connectivity index (χ3n) is 3.36. The van der Waals surface area contributed by atoms with Crippen LogP contribution in [-0.4, -0.2) is 51.1 Å². The van der Waals surface area contributed by atoms with Crippen LogP contribution in [0.3, 0.4) is 0 Å². The fourth-order valence-corrected chi connectivity index (χ4v) is 2.07. The molecular formula is C15H21F3N4O3. The van der Waals surface area contributed by atoms with Crippen LogP contribution in [0.1, 0.15) is 28.4 Å². The van der Waals surface area contributed by atoms with Crippen LogP contribution in [0.2, 0.25) is 0 Å². The minimum atomic E-state index is -5.08. The van der Waals surface area contributed by atoms with Crippen LogP contribution in [0.15, 0.2) is 10.6 Å². The first-order valence-electron chi connectivity index (χ1n) is 7.42. The van der Waals surface area contributed by atoms with Gasteiger partial charge in [-0.15, -0.1) is 0 Å². The SMILES string of the molecule is Cc1cc(CN(C)CCc2c(C)noc2C)n[nH]1.O=C(O)C(F)(F)F. The average molecular weight is 362 g/mol. The summed E-state index contributed by atoms with van der Waals surface area (Å²) in [5.41, 5.74) is 4.40. The summed E-state index contributed by atoms with van der Waals surface area (Å²) in [4.78, 5) is 11.1. The zero-order chi connectivity index (χ0) is 19.2. The van der Waals surface area contributed by atoms with E-state index in [1.54, 1.807) is 0 Å². The molecular weight excluding hydrogens is 341 g/mol. The van der Waals surface area contributed by atoms with Crippen molar-refractivity contribution in [2.75, 3.05) is 13.6 Å². The summed E-state index contributed by atoms with van der Waals surface area (Å²) in [5.74, 6) is -1.83. The fourth-order valence-electron chi connectivity index (χ4n) is 2.07. The molecule has 2 aromatic heterocycles. The van der Waals surface area contributed by atoms with E-state index in [1.807, 2.05) is 20.8 Å². The number of aliphatic carboxylic acids is 1. The molecule has 2 aromatic rings. The van der Waals surface area contributed by atoms with Crippen LogP contribution in [0.5, 0.6) is 0 Å². The standard InChI is InChI=1S/C13H20N4O.C2HF3O2/c1-9-7-12(15-14-9)8-17(4)6-5-13-10(2)16-18-11(13)3;3-2(4,5)1(6)7/h7H,5-6,8H2,1-4H3,(H,14,15);(H,6,7). The van der Waals surface area contributed by atoms with Crippen molar-refractivity contribution >= 4 is 5.97 Å². The number of halogens is 3. The molecule has 0 atom stereocenters. The number of aryl methyl sites for hydroxylation is 3. The smallest absolute Gasteiger partial charge is 0.475 e. The molecule has 0 bridgehead atoms. The Kier molecular flexibility index (Phi) is 7.16. The minimum absolute atomic E-state index is 0.855. The molecule has 0 radical (unpaired) electrons. The van der Waals surface area contributed by atoms with Crippen molar-refractivity contribution in [3.05, 3.63) is 34.5 Å². The molecule has 0 aliphatic heterocycles. The summed E-state index contributed by atoms with van der Waals surface area (Å²) >= 11 is 0. The summed E-state index contributed by atoms with van der Waals surface area (Å²) in [6.07, 6.45) is -4.12. The van der Waals surface area contributed by atoms with Gasteiger partial charge in [-0.2, -0.15) is 18.3 Å². The second-order valence-electron chi connectivity index (χ2n) is 5.64. The van der Waals surface area contributed by atoms with Gasteiger partial charge in [-0.1, -0.05) is 5.16 Å². The molecule has 7 nitrogen and oxygen atoms in total. The van der Waals surface area contributed by atoms with Crippen LogP contribution < -0.4 is 0 Å². The van der Waals surface area contributed by atoms with Crippen LogP contribution in [0.25, 0.3) is 0 Å². The number of nitrogens with one attached hydrogen (secondary N) is 1. The number of alkyl halides is 3. The monoisotopic (exact) mass is 362 g/mol. The molecule has 25 heavy (non-hydrogen) atoms. The first-order chi connectivity index (χ1) is 11.5. The first-order valence-corrected chi connectivity index (χ1v) is 7.42. The molecule has 0 aliphatic carbocycles. The third kappa shape index (κ3) is 6.96. The van der Waals surface area contributed by atoms with E-state index in [9.17, 15) is 13.2 Å². The Morgan fingerprint density at radius 3 is 2.36 bits per heavy atom. The number of aromatic amines is 1. The molecule has 0 spiro atoms. The van der Waals surface area contributed by atoms with Gasteiger partial charge in [0.1, 0.15) is 5.76 Å². The van der Waals surface area contributed by atoms with Crippen molar-refractivity contribution < 1.29 is 27.6 Å². The quantitative estimate of drug-likeness (QED) is 0.849. The largest absolute Gasteiger partial charge is 0.490 e. The predicted molar refractivity (Wildman–Crippen MR) is 83.0 cm³/mol. The van der Waals surface area contributed by atoms with Gasteiger partial charge in [0.25, 0.3) is 0 Å². The van der Waals surface area contributed by atoms with E-state index in [2.05, 4.69) is 33.4 Å². The van der Waals surface area contributed by atoms with Gasteiger partial charge in [0.2, 0.25) is 0 Å². The van der Waals surface area contributed by atoms with Gasteiger partial charge in [0.15, 0.2) is 0 Å². The molecule has 0 amide bonds. The second kappa shape index (κ2) is 8.65. The van der Waals surface area contributed by atoms with Crippen LogP contribution in [0.4, 0.5) is 13.2 Å². The van der Waals surface area contributed by atoms with Crippen molar-refractivity contribution in [1.29, 1.82) is 0 Å². The average Bonchev–Trinajstić information content (AvgIpc) is 3.03. The highest BCUT2D eigenvalue weighted by Gasteiger charge is 2.38. The molecule has 140 valence electrons. The molecule has 0 aromatic carbocycles. The van der Waals surface area contributed by atoms with Crippen molar-refractivity contribution in [3.8, 4) is 0 Å². The van der Waals surface area contributed by atoms with E-state index in [1.165, 1.54) is 5.56 Å². The molecule has 0 saturated heterocycles. The number of hydrogen-bond acceptors (Lipinski definition) is 5. The number of carboxylic acids is 1. The molecule has 2 N–H and O–H groups in total. The highest BCUT2D eigenvalue weighted by atomic mass is 19.4. The first kappa shape index (κ1) is 20.7. The Hall–Kier alpha value is -2.36. The third-order valence-corrected chi connectivity index (χ3v) is 3.36. The van der Waals surface area contributed by atoms with E-state index in [0.29, 0.717) is 0 Å². The van der Waals surface area contributed by atoms with Crippen LogP contribution in [-0.2, 0) is 17.8 Å². The predicted octanol–water partition coefficient (Wildman–Crippen LogP) is 2.63. The van der Waals surface area contributed by atoms with Crippen molar-refractivity contribution in [3.63, 3.8) is 0 Å². The Morgan fingerprint density at radius 2 is 1.96 bits per heavy atom. The molecule has 2 rings (SSSR count). The molecule has 0 fully saturated rings. The minimum Gasteiger partial charge on any atom is -0.475 e. The van der Waals surface area contributed by atoms with Crippen molar-refractivity contribution in [2.45, 2.75) is 39.9 Å². The normalized spacial score (nSPS) is 11.4. The summed E-state index contributed by atoms with van der Waals surface area (Å²) in [7, 11) is 2.10. The van der Waals surface area contributed by atoms with Gasteiger partial charge >= 0.3 is 12.1 Å². The summed E-state index contributed by atoms with van der Waals surface area (Å²) in [6.45, 7) is 7.79. The number of nitrogens with zero attached hydrogens (tertiary/aromatic N) is 3. The molecule has 0 aliphatic rings. The Labute approximate surface area is 142 Å². The van der Waals surface area contributed by atoms with E-state index in [4.69, 9.17) is 14.4 Å². The lowest BCUT2D eigenvalue weighted by atomic mass is 10.1. The maximum Gasteiger partial charge on any atom is 0.490 e. The van der Waals surface area contributed by atoms with Gasteiger partial charge in [-0.25, -0.2) is 4.79 Å².